The fourth-order valence-electron chi connectivity index (χ4n) is 1.33. The van der Waals surface area contributed by atoms with Crippen LogP contribution in [0.2, 0.25) is 0 Å². The summed E-state index contributed by atoms with van der Waals surface area (Å²) < 4.78 is 0. The number of benzene rings is 1. The first-order valence-electron chi connectivity index (χ1n) is 5.27. The molecule has 88 valence electrons. The van der Waals surface area contributed by atoms with Crippen LogP contribution in [-0.4, -0.2) is 22.9 Å². The SMILES string of the molecule is CCSCc1ccc(CC(N)C(=O)O)cc1. The van der Waals surface area contributed by atoms with Gasteiger partial charge in [-0.15, -0.1) is 0 Å². The van der Waals surface area contributed by atoms with Gasteiger partial charge in [0.15, 0.2) is 0 Å². The van der Waals surface area contributed by atoms with Gasteiger partial charge in [0.05, 0.1) is 0 Å². The lowest BCUT2D eigenvalue weighted by Gasteiger charge is -2.07. The van der Waals surface area contributed by atoms with Gasteiger partial charge in [-0.3, -0.25) is 4.79 Å². The van der Waals surface area contributed by atoms with E-state index in [1.165, 1.54) is 5.56 Å². The van der Waals surface area contributed by atoms with Gasteiger partial charge in [-0.2, -0.15) is 11.8 Å². The van der Waals surface area contributed by atoms with Gasteiger partial charge < -0.3 is 10.8 Å². The highest BCUT2D eigenvalue weighted by molar-refractivity contribution is 7.98. The van der Waals surface area contributed by atoms with Crippen molar-refractivity contribution in [1.29, 1.82) is 0 Å². The molecular formula is C12H17NO2S. The average Bonchev–Trinajstić information content (AvgIpc) is 2.28. The molecule has 16 heavy (non-hydrogen) atoms. The minimum absolute atomic E-state index is 0.385. The van der Waals surface area contributed by atoms with Crippen LogP contribution in [0, 0.1) is 0 Å². The van der Waals surface area contributed by atoms with Crippen molar-refractivity contribution in [2.75, 3.05) is 5.75 Å². The number of carboxylic acid groups (broad SMARTS) is 1. The van der Waals surface area contributed by atoms with Crippen LogP contribution in [0.15, 0.2) is 24.3 Å². The Morgan fingerprint density at radius 3 is 2.44 bits per heavy atom. The normalized spacial score (nSPS) is 12.4. The molecule has 0 aliphatic rings. The van der Waals surface area contributed by atoms with Crippen molar-refractivity contribution in [3.63, 3.8) is 0 Å². The summed E-state index contributed by atoms with van der Waals surface area (Å²) in [5.74, 6) is 1.15. The summed E-state index contributed by atoms with van der Waals surface area (Å²) in [6.07, 6.45) is 0.385. The molecule has 0 radical (unpaired) electrons. The first-order valence-corrected chi connectivity index (χ1v) is 6.43. The lowest BCUT2D eigenvalue weighted by molar-refractivity contribution is -0.138. The Morgan fingerprint density at radius 1 is 1.38 bits per heavy atom. The van der Waals surface area contributed by atoms with Crippen LogP contribution < -0.4 is 5.73 Å². The number of carboxylic acids is 1. The molecule has 3 N–H and O–H groups in total. The highest BCUT2D eigenvalue weighted by Gasteiger charge is 2.11. The number of aliphatic carboxylic acids is 1. The molecule has 0 saturated carbocycles. The van der Waals surface area contributed by atoms with Crippen molar-refractivity contribution >= 4 is 17.7 Å². The zero-order valence-electron chi connectivity index (χ0n) is 9.35. The van der Waals surface area contributed by atoms with Crippen molar-refractivity contribution in [2.45, 2.75) is 25.1 Å². The first-order chi connectivity index (χ1) is 7.63. The molecule has 0 aromatic heterocycles. The standard InChI is InChI=1S/C12H17NO2S/c1-2-16-8-10-5-3-9(4-6-10)7-11(13)12(14)15/h3-6,11H,2,7-8,13H2,1H3,(H,14,15). The smallest absolute Gasteiger partial charge is 0.320 e. The molecule has 0 aliphatic carbocycles. The van der Waals surface area contributed by atoms with Gasteiger partial charge in [0, 0.05) is 5.75 Å². The topological polar surface area (TPSA) is 63.3 Å². The van der Waals surface area contributed by atoms with Crippen LogP contribution in [0.5, 0.6) is 0 Å². The predicted octanol–water partition coefficient (Wildman–Crippen LogP) is 1.89. The Hall–Kier alpha value is -1.00. The number of thioether (sulfide) groups is 1. The molecule has 1 aromatic carbocycles. The van der Waals surface area contributed by atoms with Crippen molar-refractivity contribution in [3.05, 3.63) is 35.4 Å². The second-order valence-corrected chi connectivity index (χ2v) is 4.88. The van der Waals surface area contributed by atoms with E-state index in [1.807, 2.05) is 36.0 Å². The van der Waals surface area contributed by atoms with Crippen LogP contribution in [0.1, 0.15) is 18.1 Å². The third-order valence-electron chi connectivity index (χ3n) is 2.27. The second kappa shape index (κ2) is 6.55. The summed E-state index contributed by atoms with van der Waals surface area (Å²) in [6.45, 7) is 2.13. The lowest BCUT2D eigenvalue weighted by Crippen LogP contribution is -2.32. The summed E-state index contributed by atoms with van der Waals surface area (Å²) in [5.41, 5.74) is 7.70. The van der Waals surface area contributed by atoms with Crippen LogP contribution >= 0.6 is 11.8 Å². The van der Waals surface area contributed by atoms with E-state index in [-0.39, 0.29) is 0 Å². The third kappa shape index (κ3) is 4.24. The molecule has 4 heteroatoms. The van der Waals surface area contributed by atoms with Gasteiger partial charge in [-0.1, -0.05) is 31.2 Å². The Morgan fingerprint density at radius 2 is 1.94 bits per heavy atom. The van der Waals surface area contributed by atoms with E-state index in [0.29, 0.717) is 6.42 Å². The Balaban J connectivity index is 2.54. The minimum atomic E-state index is -0.953. The largest absolute Gasteiger partial charge is 0.480 e. The van der Waals surface area contributed by atoms with Crippen LogP contribution in [0.4, 0.5) is 0 Å². The Kier molecular flexibility index (Phi) is 5.35. The molecule has 0 amide bonds. The fraction of sp³-hybridized carbons (Fsp3) is 0.417. The van der Waals surface area contributed by atoms with Crippen molar-refractivity contribution in [1.82, 2.24) is 0 Å². The summed E-state index contributed by atoms with van der Waals surface area (Å²) >= 11 is 1.87. The molecule has 0 aliphatic heterocycles. The molecule has 1 aromatic rings. The predicted molar refractivity (Wildman–Crippen MR) is 67.6 cm³/mol. The van der Waals surface area contributed by atoms with E-state index in [0.717, 1.165) is 17.1 Å². The van der Waals surface area contributed by atoms with Crippen LogP contribution in [0.25, 0.3) is 0 Å². The monoisotopic (exact) mass is 239 g/mol. The maximum absolute atomic E-state index is 10.6. The number of hydrogen-bond acceptors (Lipinski definition) is 3. The number of carbonyl (C=O) groups is 1. The van der Waals surface area contributed by atoms with Gasteiger partial charge in [0.2, 0.25) is 0 Å². The van der Waals surface area contributed by atoms with Gasteiger partial charge >= 0.3 is 5.97 Å². The van der Waals surface area contributed by atoms with Crippen molar-refractivity contribution in [3.8, 4) is 0 Å². The van der Waals surface area contributed by atoms with Gasteiger partial charge in [-0.25, -0.2) is 0 Å². The molecule has 0 bridgehead atoms. The minimum Gasteiger partial charge on any atom is -0.480 e. The molecule has 1 unspecified atom stereocenters. The highest BCUT2D eigenvalue weighted by Crippen LogP contribution is 2.13. The summed E-state index contributed by atoms with van der Waals surface area (Å²) in [7, 11) is 0. The van der Waals surface area contributed by atoms with E-state index in [2.05, 4.69) is 6.92 Å². The zero-order valence-corrected chi connectivity index (χ0v) is 10.2. The summed E-state index contributed by atoms with van der Waals surface area (Å²) in [4.78, 5) is 10.6. The lowest BCUT2D eigenvalue weighted by atomic mass is 10.1. The molecule has 3 nitrogen and oxygen atoms in total. The maximum atomic E-state index is 10.6. The van der Waals surface area contributed by atoms with Gasteiger partial charge in [-0.05, 0) is 23.3 Å². The first kappa shape index (κ1) is 13.1. The van der Waals surface area contributed by atoms with Gasteiger partial charge in [0.1, 0.15) is 6.04 Å². The number of hydrogen-bond donors (Lipinski definition) is 2. The number of rotatable bonds is 6. The Bertz CT molecular complexity index is 337. The molecule has 0 saturated heterocycles. The molecule has 1 rings (SSSR count). The highest BCUT2D eigenvalue weighted by atomic mass is 32.2. The number of nitrogens with two attached hydrogens (primary N) is 1. The molecular weight excluding hydrogens is 222 g/mol. The van der Waals surface area contributed by atoms with E-state index >= 15 is 0 Å². The van der Waals surface area contributed by atoms with Crippen LogP contribution in [-0.2, 0) is 17.0 Å². The summed E-state index contributed by atoms with van der Waals surface area (Å²) in [5, 5.41) is 8.69. The zero-order chi connectivity index (χ0) is 12.0. The third-order valence-corrected chi connectivity index (χ3v) is 3.21. The van der Waals surface area contributed by atoms with Crippen LogP contribution in [0.3, 0.4) is 0 Å². The second-order valence-electron chi connectivity index (χ2n) is 3.60. The molecule has 1 atom stereocenters. The maximum Gasteiger partial charge on any atom is 0.320 e. The van der Waals surface area contributed by atoms with Gasteiger partial charge in [0.25, 0.3) is 0 Å². The molecule has 0 heterocycles. The van der Waals surface area contributed by atoms with E-state index < -0.39 is 12.0 Å². The summed E-state index contributed by atoms with van der Waals surface area (Å²) in [6, 6.07) is 7.16. The fourth-order valence-corrected chi connectivity index (χ4v) is 1.97. The molecule has 0 fully saturated rings. The van der Waals surface area contributed by atoms with Crippen molar-refractivity contribution in [2.24, 2.45) is 5.73 Å². The van der Waals surface area contributed by atoms with E-state index in [4.69, 9.17) is 10.8 Å². The quantitative estimate of drug-likeness (QED) is 0.795. The van der Waals surface area contributed by atoms with E-state index in [1.54, 1.807) is 0 Å². The Labute approximate surface area is 100 Å². The van der Waals surface area contributed by atoms with E-state index in [9.17, 15) is 4.79 Å². The average molecular weight is 239 g/mol. The van der Waals surface area contributed by atoms with Crippen molar-refractivity contribution < 1.29 is 9.90 Å². The molecule has 0 spiro atoms.